The fourth-order valence-corrected chi connectivity index (χ4v) is 3.80. The molecular formula is C22H26N2O3S. The highest BCUT2D eigenvalue weighted by Gasteiger charge is 2.19. The highest BCUT2D eigenvalue weighted by molar-refractivity contribution is 8.00. The summed E-state index contributed by atoms with van der Waals surface area (Å²) in [6.07, 6.45) is 2.18. The predicted molar refractivity (Wildman–Crippen MR) is 112 cm³/mol. The van der Waals surface area contributed by atoms with Gasteiger partial charge in [-0.2, -0.15) is 0 Å². The zero-order chi connectivity index (χ0) is 19.8. The molecule has 0 saturated carbocycles. The van der Waals surface area contributed by atoms with E-state index in [1.807, 2.05) is 60.4 Å². The smallest absolute Gasteiger partial charge is 0.253 e. The van der Waals surface area contributed by atoms with Gasteiger partial charge in [0.05, 0.1) is 12.4 Å². The number of carbonyl (C=O) groups is 2. The van der Waals surface area contributed by atoms with E-state index < -0.39 is 0 Å². The van der Waals surface area contributed by atoms with Crippen LogP contribution in [0.3, 0.4) is 0 Å². The number of hydrogen-bond acceptors (Lipinski definition) is 4. The van der Waals surface area contributed by atoms with Crippen molar-refractivity contribution in [3.8, 4) is 5.75 Å². The fourth-order valence-electron chi connectivity index (χ4n) is 3.07. The summed E-state index contributed by atoms with van der Waals surface area (Å²) in [5, 5.41) is 2.92. The standard InChI is InChI=1S/C22H26N2O3S/c1-2-27-19-9-11-20(12-10-19)28-16-21(25)23-15-17-5-7-18(8-6-17)22(26)24-13-3-4-14-24/h5-12H,2-4,13-16H2,1H3,(H,23,25). The van der Waals surface area contributed by atoms with Crippen LogP contribution in [0.1, 0.15) is 35.7 Å². The molecule has 2 aromatic carbocycles. The number of rotatable bonds is 8. The van der Waals surface area contributed by atoms with Gasteiger partial charge in [0.1, 0.15) is 5.75 Å². The number of thioether (sulfide) groups is 1. The first-order valence-electron chi connectivity index (χ1n) is 9.66. The molecule has 6 heteroatoms. The number of likely N-dealkylation sites (tertiary alicyclic amines) is 1. The molecule has 1 aliphatic heterocycles. The maximum Gasteiger partial charge on any atom is 0.253 e. The largest absolute Gasteiger partial charge is 0.494 e. The number of amides is 2. The second kappa shape index (κ2) is 10.2. The molecule has 3 rings (SSSR count). The first-order valence-corrected chi connectivity index (χ1v) is 10.6. The summed E-state index contributed by atoms with van der Waals surface area (Å²) in [5.74, 6) is 1.28. The number of nitrogens with one attached hydrogen (secondary N) is 1. The van der Waals surface area contributed by atoms with Crippen LogP contribution in [-0.4, -0.2) is 42.2 Å². The number of nitrogens with zero attached hydrogens (tertiary/aromatic N) is 1. The second-order valence-electron chi connectivity index (χ2n) is 6.67. The Balaban J connectivity index is 1.42. The normalized spacial score (nSPS) is 13.4. The molecule has 2 aromatic rings. The first kappa shape index (κ1) is 20.3. The van der Waals surface area contributed by atoms with Crippen molar-refractivity contribution in [3.63, 3.8) is 0 Å². The van der Waals surface area contributed by atoms with Crippen molar-refractivity contribution in [1.29, 1.82) is 0 Å². The quantitative estimate of drug-likeness (QED) is 0.689. The van der Waals surface area contributed by atoms with Crippen molar-refractivity contribution >= 4 is 23.6 Å². The van der Waals surface area contributed by atoms with Crippen molar-refractivity contribution in [1.82, 2.24) is 10.2 Å². The van der Waals surface area contributed by atoms with E-state index >= 15 is 0 Å². The minimum absolute atomic E-state index is 0.0175. The Bertz CT molecular complexity index is 784. The van der Waals surface area contributed by atoms with Gasteiger partial charge in [-0.1, -0.05) is 12.1 Å². The van der Waals surface area contributed by atoms with E-state index in [1.54, 1.807) is 0 Å². The van der Waals surface area contributed by atoms with E-state index in [2.05, 4.69) is 5.32 Å². The SMILES string of the molecule is CCOc1ccc(SCC(=O)NCc2ccc(C(=O)N3CCCC3)cc2)cc1. The van der Waals surface area contributed by atoms with Gasteiger partial charge in [-0.25, -0.2) is 0 Å². The Labute approximate surface area is 170 Å². The van der Waals surface area contributed by atoms with Crippen LogP contribution in [-0.2, 0) is 11.3 Å². The molecule has 0 aliphatic carbocycles. The van der Waals surface area contributed by atoms with Crippen LogP contribution in [0.15, 0.2) is 53.4 Å². The van der Waals surface area contributed by atoms with Gasteiger partial charge in [-0.15, -0.1) is 11.8 Å². The maximum atomic E-state index is 12.3. The minimum Gasteiger partial charge on any atom is -0.494 e. The molecule has 1 N–H and O–H groups in total. The second-order valence-corrected chi connectivity index (χ2v) is 7.71. The van der Waals surface area contributed by atoms with Crippen LogP contribution >= 0.6 is 11.8 Å². The third kappa shape index (κ3) is 5.76. The highest BCUT2D eigenvalue weighted by atomic mass is 32.2. The Kier molecular flexibility index (Phi) is 7.37. The third-order valence-corrected chi connectivity index (χ3v) is 5.60. The van der Waals surface area contributed by atoms with E-state index in [0.29, 0.717) is 24.5 Å². The van der Waals surface area contributed by atoms with Gasteiger partial charge < -0.3 is 15.0 Å². The summed E-state index contributed by atoms with van der Waals surface area (Å²) in [4.78, 5) is 27.4. The van der Waals surface area contributed by atoms with Gasteiger partial charge in [-0.05, 0) is 61.7 Å². The zero-order valence-electron chi connectivity index (χ0n) is 16.1. The van der Waals surface area contributed by atoms with Gasteiger partial charge >= 0.3 is 0 Å². The lowest BCUT2D eigenvalue weighted by molar-refractivity contribution is -0.118. The number of hydrogen-bond donors (Lipinski definition) is 1. The number of carbonyl (C=O) groups excluding carboxylic acids is 2. The number of ether oxygens (including phenoxy) is 1. The molecular weight excluding hydrogens is 372 g/mol. The van der Waals surface area contributed by atoms with Gasteiger partial charge in [0.2, 0.25) is 5.91 Å². The molecule has 1 fully saturated rings. The number of benzene rings is 2. The lowest BCUT2D eigenvalue weighted by Gasteiger charge is -2.15. The average Bonchev–Trinajstić information content (AvgIpc) is 3.27. The Morgan fingerprint density at radius 1 is 1.04 bits per heavy atom. The third-order valence-electron chi connectivity index (χ3n) is 4.59. The Morgan fingerprint density at radius 3 is 2.36 bits per heavy atom. The summed E-state index contributed by atoms with van der Waals surface area (Å²) in [5.41, 5.74) is 1.69. The summed E-state index contributed by atoms with van der Waals surface area (Å²) < 4.78 is 5.41. The minimum atomic E-state index is -0.0175. The van der Waals surface area contributed by atoms with Crippen molar-refractivity contribution in [2.24, 2.45) is 0 Å². The van der Waals surface area contributed by atoms with E-state index in [1.165, 1.54) is 11.8 Å². The molecule has 0 unspecified atom stereocenters. The summed E-state index contributed by atoms with van der Waals surface area (Å²) >= 11 is 1.49. The van der Waals surface area contributed by atoms with Crippen molar-refractivity contribution in [2.75, 3.05) is 25.4 Å². The van der Waals surface area contributed by atoms with Gasteiger partial charge in [-0.3, -0.25) is 9.59 Å². The molecule has 148 valence electrons. The average molecular weight is 399 g/mol. The molecule has 1 aliphatic rings. The molecule has 0 atom stereocenters. The molecule has 2 amide bonds. The molecule has 0 bridgehead atoms. The molecule has 28 heavy (non-hydrogen) atoms. The van der Waals surface area contributed by atoms with Crippen LogP contribution in [0.25, 0.3) is 0 Å². The van der Waals surface area contributed by atoms with Gasteiger partial charge in [0, 0.05) is 30.1 Å². The van der Waals surface area contributed by atoms with Gasteiger partial charge in [0.15, 0.2) is 0 Å². The van der Waals surface area contributed by atoms with E-state index in [9.17, 15) is 9.59 Å². The highest BCUT2D eigenvalue weighted by Crippen LogP contribution is 2.21. The first-order chi connectivity index (χ1) is 13.7. The van der Waals surface area contributed by atoms with E-state index in [4.69, 9.17) is 4.74 Å². The topological polar surface area (TPSA) is 58.6 Å². The Morgan fingerprint density at radius 2 is 1.71 bits per heavy atom. The van der Waals surface area contributed by atoms with Crippen molar-refractivity contribution in [3.05, 3.63) is 59.7 Å². The molecule has 0 radical (unpaired) electrons. The van der Waals surface area contributed by atoms with Crippen LogP contribution < -0.4 is 10.1 Å². The monoisotopic (exact) mass is 398 g/mol. The van der Waals surface area contributed by atoms with Crippen molar-refractivity contribution < 1.29 is 14.3 Å². The fraction of sp³-hybridized carbons (Fsp3) is 0.364. The van der Waals surface area contributed by atoms with Crippen LogP contribution in [0.2, 0.25) is 0 Å². The van der Waals surface area contributed by atoms with E-state index in [-0.39, 0.29) is 11.8 Å². The zero-order valence-corrected chi connectivity index (χ0v) is 17.0. The van der Waals surface area contributed by atoms with Crippen LogP contribution in [0, 0.1) is 0 Å². The van der Waals surface area contributed by atoms with Crippen LogP contribution in [0.5, 0.6) is 5.75 Å². The van der Waals surface area contributed by atoms with Gasteiger partial charge in [0.25, 0.3) is 5.91 Å². The molecule has 0 aromatic heterocycles. The van der Waals surface area contributed by atoms with Crippen LogP contribution in [0.4, 0.5) is 0 Å². The van der Waals surface area contributed by atoms with Crippen molar-refractivity contribution in [2.45, 2.75) is 31.2 Å². The summed E-state index contributed by atoms with van der Waals surface area (Å²) in [6, 6.07) is 15.2. The molecule has 5 nitrogen and oxygen atoms in total. The maximum absolute atomic E-state index is 12.3. The lowest BCUT2D eigenvalue weighted by Crippen LogP contribution is -2.27. The van der Waals surface area contributed by atoms with E-state index in [0.717, 1.165) is 42.1 Å². The predicted octanol–water partition coefficient (Wildman–Crippen LogP) is 3.73. The lowest BCUT2D eigenvalue weighted by atomic mass is 10.1. The molecule has 1 saturated heterocycles. The summed E-state index contributed by atoms with van der Waals surface area (Å²) in [6.45, 7) is 4.75. The molecule has 0 spiro atoms. The Hall–Kier alpha value is -2.47. The summed E-state index contributed by atoms with van der Waals surface area (Å²) in [7, 11) is 0. The molecule has 1 heterocycles.